The Hall–Kier alpha value is -3.21. The molecule has 3 aromatic carbocycles. The van der Waals surface area contributed by atoms with E-state index in [2.05, 4.69) is 0 Å². The van der Waals surface area contributed by atoms with Crippen LogP contribution in [0, 0.1) is 0 Å². The number of hydrogen-bond donors (Lipinski definition) is 0. The number of rotatable bonds is 3. The maximum absolute atomic E-state index is 12.8. The molecule has 0 spiro atoms. The standard InChI is InChI=1S/C19H16N2O3/c1-20(13-9-5-3-6-10-13)15-17(22)16(19(24)18(15)23)21(2)14-11-7-4-8-12-14/h3-12H,1-2H3. The van der Waals surface area contributed by atoms with Crippen LogP contribution in [0.4, 0.5) is 17.1 Å². The van der Waals surface area contributed by atoms with Crippen molar-refractivity contribution in [3.8, 4) is 5.75 Å². The molecule has 0 saturated heterocycles. The molecule has 0 radical (unpaired) electrons. The minimum atomic E-state index is -0.774. The summed E-state index contributed by atoms with van der Waals surface area (Å²) >= 11 is 0. The third-order valence-corrected chi connectivity index (χ3v) is 4.02. The van der Waals surface area contributed by atoms with Crippen LogP contribution in [-0.2, 0) is 0 Å². The van der Waals surface area contributed by atoms with Gasteiger partial charge in [-0.3, -0.25) is 9.59 Å². The van der Waals surface area contributed by atoms with Crippen molar-refractivity contribution >= 4 is 17.1 Å². The highest BCUT2D eigenvalue weighted by Gasteiger charge is 2.21. The van der Waals surface area contributed by atoms with Gasteiger partial charge in [-0.15, -0.1) is 0 Å². The van der Waals surface area contributed by atoms with E-state index in [1.807, 2.05) is 12.1 Å². The van der Waals surface area contributed by atoms with Crippen LogP contribution in [0.2, 0.25) is 0 Å². The van der Waals surface area contributed by atoms with Gasteiger partial charge in [0.05, 0.1) is 5.69 Å². The van der Waals surface area contributed by atoms with Crippen molar-refractivity contribution in [2.24, 2.45) is 0 Å². The molecular weight excluding hydrogens is 304 g/mol. The number of para-hydroxylation sites is 2. The molecule has 0 aromatic heterocycles. The highest BCUT2D eigenvalue weighted by molar-refractivity contribution is 5.68. The summed E-state index contributed by atoms with van der Waals surface area (Å²) < 4.78 is 1.47. The molecule has 0 fully saturated rings. The molecule has 0 aliphatic heterocycles. The number of hydrogen-bond acceptors (Lipinski definition) is 4. The third-order valence-electron chi connectivity index (χ3n) is 4.02. The van der Waals surface area contributed by atoms with Crippen molar-refractivity contribution in [2.45, 2.75) is 0 Å². The predicted molar refractivity (Wildman–Crippen MR) is 92.6 cm³/mol. The van der Waals surface area contributed by atoms with E-state index in [1.165, 1.54) is 9.48 Å². The molecule has 0 atom stereocenters. The zero-order valence-corrected chi connectivity index (χ0v) is 13.4. The lowest BCUT2D eigenvalue weighted by molar-refractivity contribution is -0.269. The first kappa shape index (κ1) is 15.7. The first-order chi connectivity index (χ1) is 11.5. The van der Waals surface area contributed by atoms with Gasteiger partial charge in [-0.1, -0.05) is 36.4 Å². The normalized spacial score (nSPS) is 12.1. The van der Waals surface area contributed by atoms with E-state index in [0.29, 0.717) is 11.4 Å². The molecule has 0 bridgehead atoms. The molecule has 5 nitrogen and oxygen atoms in total. The second kappa shape index (κ2) is 6.12. The Morgan fingerprint density at radius 3 is 2.00 bits per heavy atom. The summed E-state index contributed by atoms with van der Waals surface area (Å²) in [6.07, 6.45) is 0. The fraction of sp³-hybridized carbons (Fsp3) is 0.105. The summed E-state index contributed by atoms with van der Waals surface area (Å²) in [5.74, 6) is -0.553. The van der Waals surface area contributed by atoms with Crippen LogP contribution in [0.15, 0.2) is 70.3 Å². The zero-order chi connectivity index (χ0) is 17.3. The average molecular weight is 320 g/mol. The van der Waals surface area contributed by atoms with Crippen LogP contribution in [0.25, 0.3) is 0 Å². The molecule has 3 rings (SSSR count). The molecule has 0 amide bonds. The Morgan fingerprint density at radius 1 is 0.875 bits per heavy atom. The quantitative estimate of drug-likeness (QED) is 0.530. The Bertz CT molecular complexity index is 1020. The highest BCUT2D eigenvalue weighted by Crippen LogP contribution is 2.23. The molecule has 0 aliphatic rings. The first-order valence-electron chi connectivity index (χ1n) is 7.47. The summed E-state index contributed by atoms with van der Waals surface area (Å²) in [5.41, 5.74) is -0.325. The SMILES string of the molecule is CN(c1ccccc1)c1c([O-])c(=[N+](C)c2ccccc2)c(=O)c1=O. The Balaban J connectivity index is 2.27. The van der Waals surface area contributed by atoms with Gasteiger partial charge in [-0.2, -0.15) is 4.58 Å². The molecule has 0 saturated carbocycles. The second-order valence-electron chi connectivity index (χ2n) is 5.47. The van der Waals surface area contributed by atoms with Crippen molar-refractivity contribution in [3.05, 3.63) is 86.5 Å². The lowest BCUT2D eigenvalue weighted by Gasteiger charge is -2.20. The predicted octanol–water partition coefficient (Wildman–Crippen LogP) is 0.858. The van der Waals surface area contributed by atoms with Crippen molar-refractivity contribution in [2.75, 3.05) is 19.0 Å². The van der Waals surface area contributed by atoms with Gasteiger partial charge in [0, 0.05) is 24.9 Å². The maximum atomic E-state index is 12.8. The number of anilines is 2. The molecule has 24 heavy (non-hydrogen) atoms. The van der Waals surface area contributed by atoms with Crippen molar-refractivity contribution in [1.82, 2.24) is 4.58 Å². The molecule has 0 aliphatic carbocycles. The first-order valence-corrected chi connectivity index (χ1v) is 7.47. The molecule has 0 N–H and O–H groups in total. The third kappa shape index (κ3) is 2.50. The van der Waals surface area contributed by atoms with Gasteiger partial charge in [0.1, 0.15) is 7.05 Å². The topological polar surface area (TPSA) is 63.4 Å². The fourth-order valence-electron chi connectivity index (χ4n) is 2.70. The summed E-state index contributed by atoms with van der Waals surface area (Å²) in [5, 5.41) is 12.6. The summed E-state index contributed by atoms with van der Waals surface area (Å²) in [6, 6.07) is 18.0. The molecule has 5 heteroatoms. The van der Waals surface area contributed by atoms with E-state index in [1.54, 1.807) is 62.6 Å². The fourth-order valence-corrected chi connectivity index (χ4v) is 2.70. The number of benzene rings is 2. The molecular formula is C19H16N2O3. The average Bonchev–Trinajstić information content (AvgIpc) is 2.84. The summed E-state index contributed by atoms with van der Waals surface area (Å²) in [4.78, 5) is 26.2. The van der Waals surface area contributed by atoms with E-state index in [9.17, 15) is 14.7 Å². The van der Waals surface area contributed by atoms with E-state index >= 15 is 0 Å². The molecule has 0 unspecified atom stereocenters. The molecule has 120 valence electrons. The van der Waals surface area contributed by atoms with Gasteiger partial charge in [0.2, 0.25) is 5.69 Å². The Labute approximate surface area is 138 Å². The molecule has 0 heterocycles. The minimum Gasteiger partial charge on any atom is -0.866 e. The molecule has 3 aromatic rings. The van der Waals surface area contributed by atoms with Crippen LogP contribution in [0.3, 0.4) is 0 Å². The summed E-state index contributed by atoms with van der Waals surface area (Å²) in [7, 11) is 3.22. The van der Waals surface area contributed by atoms with Gasteiger partial charge in [-0.05, 0) is 17.9 Å². The van der Waals surface area contributed by atoms with Crippen molar-refractivity contribution < 1.29 is 5.11 Å². The van der Waals surface area contributed by atoms with Gasteiger partial charge in [-0.25, -0.2) is 0 Å². The number of nitrogens with zero attached hydrogens (tertiary/aromatic N) is 2. The van der Waals surface area contributed by atoms with Gasteiger partial charge in [0.25, 0.3) is 16.2 Å². The Morgan fingerprint density at radius 2 is 1.42 bits per heavy atom. The zero-order valence-electron chi connectivity index (χ0n) is 13.4. The highest BCUT2D eigenvalue weighted by atomic mass is 16.3. The van der Waals surface area contributed by atoms with Crippen molar-refractivity contribution in [3.63, 3.8) is 0 Å². The monoisotopic (exact) mass is 320 g/mol. The van der Waals surface area contributed by atoms with Crippen LogP contribution in [0.1, 0.15) is 0 Å². The second-order valence-corrected chi connectivity index (χ2v) is 5.47. The smallest absolute Gasteiger partial charge is 0.298 e. The van der Waals surface area contributed by atoms with Crippen LogP contribution < -0.4 is 30.8 Å². The van der Waals surface area contributed by atoms with Gasteiger partial charge in [0.15, 0.2) is 0 Å². The van der Waals surface area contributed by atoms with E-state index < -0.39 is 16.6 Å². The van der Waals surface area contributed by atoms with Gasteiger partial charge >= 0.3 is 0 Å². The lowest BCUT2D eigenvalue weighted by atomic mass is 10.3. The van der Waals surface area contributed by atoms with E-state index in [0.717, 1.165) is 0 Å². The maximum Gasteiger partial charge on any atom is 0.298 e. The minimum absolute atomic E-state index is 0.121. The van der Waals surface area contributed by atoms with Crippen LogP contribution >= 0.6 is 0 Å². The lowest BCUT2D eigenvalue weighted by Crippen LogP contribution is -2.39. The van der Waals surface area contributed by atoms with Crippen LogP contribution in [-0.4, -0.2) is 14.1 Å². The van der Waals surface area contributed by atoms with Crippen LogP contribution in [0.5, 0.6) is 5.75 Å². The largest absolute Gasteiger partial charge is 0.866 e. The Kier molecular flexibility index (Phi) is 4.00. The summed E-state index contributed by atoms with van der Waals surface area (Å²) in [6.45, 7) is 0. The van der Waals surface area contributed by atoms with E-state index in [-0.39, 0.29) is 11.0 Å². The van der Waals surface area contributed by atoms with E-state index in [4.69, 9.17) is 0 Å². The van der Waals surface area contributed by atoms with Gasteiger partial charge < -0.3 is 10.0 Å². The van der Waals surface area contributed by atoms with Crippen molar-refractivity contribution in [1.29, 1.82) is 0 Å².